The summed E-state index contributed by atoms with van der Waals surface area (Å²) in [5, 5.41) is 4.15. The van der Waals surface area contributed by atoms with Gasteiger partial charge in [0.1, 0.15) is 0 Å². The second kappa shape index (κ2) is 9.64. The molecule has 3 rings (SSSR count). The van der Waals surface area contributed by atoms with Crippen LogP contribution in [0.3, 0.4) is 0 Å². The van der Waals surface area contributed by atoms with Crippen molar-refractivity contribution < 1.29 is 23.7 Å². The van der Waals surface area contributed by atoms with Gasteiger partial charge in [0.05, 0.1) is 33.6 Å². The van der Waals surface area contributed by atoms with E-state index in [1.165, 1.54) is 21.1 Å². The molecule has 0 spiro atoms. The summed E-state index contributed by atoms with van der Waals surface area (Å²) >= 11 is 0. The lowest BCUT2D eigenvalue weighted by atomic mass is 10.2. The molecule has 1 N–H and O–H groups in total. The summed E-state index contributed by atoms with van der Waals surface area (Å²) in [6, 6.07) is 5.24. The first-order valence-corrected chi connectivity index (χ1v) is 8.87. The van der Waals surface area contributed by atoms with E-state index in [1.807, 2.05) is 4.90 Å². The zero-order valence-corrected chi connectivity index (χ0v) is 16.4. The van der Waals surface area contributed by atoms with E-state index in [0.717, 1.165) is 5.56 Å². The van der Waals surface area contributed by atoms with Crippen molar-refractivity contribution in [2.75, 3.05) is 50.8 Å². The smallest absolute Gasteiger partial charge is 0.322 e. The topological polar surface area (TPSA) is 120 Å². The Morgan fingerprint density at radius 2 is 1.97 bits per heavy atom. The van der Waals surface area contributed by atoms with Gasteiger partial charge in [0.2, 0.25) is 5.95 Å². The van der Waals surface area contributed by atoms with Crippen molar-refractivity contribution in [2.24, 2.45) is 5.10 Å². The maximum absolute atomic E-state index is 11.1. The number of methoxy groups -OCH3 is 2. The van der Waals surface area contributed by atoms with E-state index in [2.05, 4.69) is 25.5 Å². The Bertz CT molecular complexity index is 885. The molecule has 0 saturated carbocycles. The lowest BCUT2D eigenvalue weighted by Crippen LogP contribution is -2.37. The molecule has 0 atom stereocenters. The van der Waals surface area contributed by atoms with Crippen LogP contribution in [0.5, 0.6) is 17.5 Å². The van der Waals surface area contributed by atoms with Crippen molar-refractivity contribution in [1.82, 2.24) is 15.0 Å². The van der Waals surface area contributed by atoms with Crippen LogP contribution < -0.4 is 24.5 Å². The third-order valence-corrected chi connectivity index (χ3v) is 3.90. The normalized spacial score (nSPS) is 14.0. The van der Waals surface area contributed by atoms with Crippen molar-refractivity contribution in [3.8, 4) is 17.5 Å². The minimum atomic E-state index is -0.425. The Kier molecular flexibility index (Phi) is 6.74. The standard InChI is InChI=1S/C18H22N6O5/c1-12(25)29-14-5-4-13(10-15(14)26-2)11-19-23-16-20-17(22-18(21-16)27-3)24-6-8-28-9-7-24/h4-5,10-11H,6-9H2,1-3H3,(H,20,21,22,23)/b19-11-. The predicted molar refractivity (Wildman–Crippen MR) is 105 cm³/mol. The zero-order valence-electron chi connectivity index (χ0n) is 16.4. The van der Waals surface area contributed by atoms with Crippen LogP contribution in [0.4, 0.5) is 11.9 Å². The summed E-state index contributed by atoms with van der Waals surface area (Å²) in [7, 11) is 2.98. The van der Waals surface area contributed by atoms with Crippen molar-refractivity contribution in [1.29, 1.82) is 0 Å². The van der Waals surface area contributed by atoms with Crippen LogP contribution in [-0.2, 0) is 9.53 Å². The van der Waals surface area contributed by atoms with Crippen LogP contribution in [0.1, 0.15) is 12.5 Å². The number of nitrogens with zero attached hydrogens (tertiary/aromatic N) is 5. The Balaban J connectivity index is 1.73. The maximum Gasteiger partial charge on any atom is 0.322 e. The fourth-order valence-electron chi connectivity index (χ4n) is 2.56. The number of benzene rings is 1. The van der Waals surface area contributed by atoms with Crippen LogP contribution in [0, 0.1) is 0 Å². The van der Waals surface area contributed by atoms with Crippen molar-refractivity contribution >= 4 is 24.1 Å². The SMILES string of the molecule is COc1nc(N/N=C\c2ccc(OC(C)=O)c(OC)c2)nc(N2CCOCC2)n1. The summed E-state index contributed by atoms with van der Waals surface area (Å²) in [6.07, 6.45) is 1.56. The summed E-state index contributed by atoms with van der Waals surface area (Å²) < 4.78 is 20.8. The number of rotatable bonds is 7. The van der Waals surface area contributed by atoms with Gasteiger partial charge in [-0.2, -0.15) is 20.1 Å². The second-order valence-electron chi connectivity index (χ2n) is 5.92. The molecule has 154 valence electrons. The Labute approximate surface area is 167 Å². The number of hydrogen-bond donors (Lipinski definition) is 1. The lowest BCUT2D eigenvalue weighted by molar-refractivity contribution is -0.132. The molecule has 0 amide bonds. The number of carbonyl (C=O) groups is 1. The summed E-state index contributed by atoms with van der Waals surface area (Å²) in [5.74, 6) is 1.07. The number of carbonyl (C=O) groups excluding carboxylic acids is 1. The number of aromatic nitrogens is 3. The van der Waals surface area contributed by atoms with E-state index in [0.29, 0.717) is 43.8 Å². The Morgan fingerprint density at radius 1 is 1.17 bits per heavy atom. The van der Waals surface area contributed by atoms with Gasteiger partial charge in [-0.15, -0.1) is 0 Å². The summed E-state index contributed by atoms with van der Waals surface area (Å²) in [6.45, 7) is 3.92. The van der Waals surface area contributed by atoms with Crippen molar-refractivity contribution in [3.63, 3.8) is 0 Å². The van der Waals surface area contributed by atoms with E-state index in [-0.39, 0.29) is 12.0 Å². The van der Waals surface area contributed by atoms with Gasteiger partial charge < -0.3 is 23.8 Å². The van der Waals surface area contributed by atoms with E-state index < -0.39 is 5.97 Å². The maximum atomic E-state index is 11.1. The van der Waals surface area contributed by atoms with E-state index in [1.54, 1.807) is 24.4 Å². The average molecular weight is 402 g/mol. The number of morpholine rings is 1. The van der Waals surface area contributed by atoms with Crippen LogP contribution in [-0.4, -0.2) is 67.7 Å². The number of nitrogens with one attached hydrogen (secondary N) is 1. The zero-order chi connectivity index (χ0) is 20.6. The van der Waals surface area contributed by atoms with Crippen molar-refractivity contribution in [2.45, 2.75) is 6.92 Å². The molecular weight excluding hydrogens is 380 g/mol. The third kappa shape index (κ3) is 5.51. The molecule has 11 nitrogen and oxygen atoms in total. The molecule has 1 aromatic carbocycles. The van der Waals surface area contributed by atoms with Gasteiger partial charge in [0.25, 0.3) is 5.95 Å². The molecule has 2 aromatic rings. The number of anilines is 2. The van der Waals surface area contributed by atoms with Gasteiger partial charge in [-0.3, -0.25) is 4.79 Å². The fraction of sp³-hybridized carbons (Fsp3) is 0.389. The van der Waals surface area contributed by atoms with Crippen LogP contribution >= 0.6 is 0 Å². The number of ether oxygens (including phenoxy) is 4. The summed E-state index contributed by atoms with van der Waals surface area (Å²) in [4.78, 5) is 25.9. The minimum Gasteiger partial charge on any atom is -0.493 e. The lowest BCUT2D eigenvalue weighted by Gasteiger charge is -2.26. The molecule has 1 aliphatic rings. The second-order valence-corrected chi connectivity index (χ2v) is 5.92. The van der Waals surface area contributed by atoms with Crippen LogP contribution in [0.2, 0.25) is 0 Å². The Morgan fingerprint density at radius 3 is 2.66 bits per heavy atom. The molecule has 11 heteroatoms. The largest absolute Gasteiger partial charge is 0.493 e. The monoisotopic (exact) mass is 402 g/mol. The fourth-order valence-corrected chi connectivity index (χ4v) is 2.56. The molecule has 1 aliphatic heterocycles. The highest BCUT2D eigenvalue weighted by molar-refractivity contribution is 5.82. The highest BCUT2D eigenvalue weighted by atomic mass is 16.6. The first-order chi connectivity index (χ1) is 14.1. The van der Waals surface area contributed by atoms with E-state index in [9.17, 15) is 4.79 Å². The number of hydrogen-bond acceptors (Lipinski definition) is 11. The number of hydrazone groups is 1. The first kappa shape index (κ1) is 20.3. The molecule has 2 heterocycles. The van der Waals surface area contributed by atoms with Crippen molar-refractivity contribution in [3.05, 3.63) is 23.8 Å². The average Bonchev–Trinajstić information content (AvgIpc) is 2.74. The molecule has 1 aromatic heterocycles. The number of esters is 1. The van der Waals surface area contributed by atoms with E-state index >= 15 is 0 Å². The first-order valence-electron chi connectivity index (χ1n) is 8.87. The summed E-state index contributed by atoms with van der Waals surface area (Å²) in [5.41, 5.74) is 3.50. The van der Waals surface area contributed by atoms with Crippen LogP contribution in [0.15, 0.2) is 23.3 Å². The van der Waals surface area contributed by atoms with Gasteiger partial charge in [-0.25, -0.2) is 5.43 Å². The van der Waals surface area contributed by atoms with Gasteiger partial charge in [-0.1, -0.05) is 0 Å². The molecule has 1 fully saturated rings. The quantitative estimate of drug-likeness (QED) is 0.312. The molecule has 0 radical (unpaired) electrons. The third-order valence-electron chi connectivity index (χ3n) is 3.90. The highest BCUT2D eigenvalue weighted by Crippen LogP contribution is 2.27. The molecular formula is C18H22N6O5. The minimum absolute atomic E-state index is 0.187. The van der Waals surface area contributed by atoms with Gasteiger partial charge in [0, 0.05) is 20.0 Å². The molecule has 0 bridgehead atoms. The van der Waals surface area contributed by atoms with Crippen LogP contribution in [0.25, 0.3) is 0 Å². The van der Waals surface area contributed by atoms with Gasteiger partial charge in [-0.05, 0) is 23.8 Å². The molecule has 0 unspecified atom stereocenters. The highest BCUT2D eigenvalue weighted by Gasteiger charge is 2.16. The Hall–Kier alpha value is -3.47. The van der Waals surface area contributed by atoms with Gasteiger partial charge in [0.15, 0.2) is 11.5 Å². The van der Waals surface area contributed by atoms with Gasteiger partial charge >= 0.3 is 12.0 Å². The molecule has 29 heavy (non-hydrogen) atoms. The van der Waals surface area contributed by atoms with E-state index in [4.69, 9.17) is 18.9 Å². The molecule has 1 saturated heterocycles. The molecule has 0 aliphatic carbocycles. The predicted octanol–water partition coefficient (Wildman–Crippen LogP) is 1.10.